The van der Waals surface area contributed by atoms with E-state index in [0.717, 1.165) is 32.6 Å². The van der Waals surface area contributed by atoms with Gasteiger partial charge in [0.05, 0.1) is 0 Å². The van der Waals surface area contributed by atoms with Gasteiger partial charge in [0.15, 0.2) is 0 Å². The van der Waals surface area contributed by atoms with Crippen molar-refractivity contribution in [1.82, 2.24) is 5.32 Å². The van der Waals surface area contributed by atoms with Gasteiger partial charge in [-0.25, -0.2) is 0 Å². The fourth-order valence-electron chi connectivity index (χ4n) is 2.15. The first-order valence-corrected chi connectivity index (χ1v) is 5.86. The van der Waals surface area contributed by atoms with Crippen molar-refractivity contribution in [3.05, 3.63) is 29.3 Å². The van der Waals surface area contributed by atoms with E-state index >= 15 is 0 Å². The summed E-state index contributed by atoms with van der Waals surface area (Å²) in [4.78, 5) is 2.47. The monoisotopic (exact) mass is 204 g/mol. The number of anilines is 1. The highest BCUT2D eigenvalue weighted by atomic mass is 15.2. The van der Waals surface area contributed by atoms with Crippen molar-refractivity contribution in [2.75, 3.05) is 31.1 Å². The predicted molar refractivity (Wildman–Crippen MR) is 65.6 cm³/mol. The Morgan fingerprint density at radius 2 is 1.93 bits per heavy atom. The summed E-state index contributed by atoms with van der Waals surface area (Å²) in [5, 5.41) is 3.39. The summed E-state index contributed by atoms with van der Waals surface area (Å²) in [5.41, 5.74) is 4.22. The first-order chi connectivity index (χ1) is 7.29. The first kappa shape index (κ1) is 10.5. The normalized spacial score (nSPS) is 16.8. The minimum absolute atomic E-state index is 1.11. The molecule has 0 atom stereocenters. The number of rotatable bonds is 2. The van der Waals surface area contributed by atoms with E-state index in [1.165, 1.54) is 16.8 Å². The molecule has 0 aliphatic carbocycles. The Kier molecular flexibility index (Phi) is 3.27. The second-order valence-electron chi connectivity index (χ2n) is 4.27. The Hall–Kier alpha value is -1.02. The fourth-order valence-corrected chi connectivity index (χ4v) is 2.15. The van der Waals surface area contributed by atoms with Gasteiger partial charge >= 0.3 is 0 Å². The summed E-state index contributed by atoms with van der Waals surface area (Å²) >= 11 is 0. The molecule has 0 radical (unpaired) electrons. The zero-order valence-corrected chi connectivity index (χ0v) is 9.71. The Labute approximate surface area is 92.3 Å². The van der Waals surface area contributed by atoms with Gasteiger partial charge in [0.2, 0.25) is 0 Å². The standard InChI is InChI=1S/C13H20N2/c1-3-12-8-11(2)9-13(10-12)15-6-4-14-5-7-15/h8-10,14H,3-7H2,1-2H3. The van der Waals surface area contributed by atoms with Crippen LogP contribution in [0.2, 0.25) is 0 Å². The molecule has 1 aliphatic rings. The van der Waals surface area contributed by atoms with Crippen LogP contribution in [0.25, 0.3) is 0 Å². The minimum atomic E-state index is 1.11. The Bertz CT molecular complexity index is 327. The molecule has 1 aliphatic heterocycles. The molecule has 1 N–H and O–H groups in total. The summed E-state index contributed by atoms with van der Waals surface area (Å²) in [6, 6.07) is 6.91. The van der Waals surface area contributed by atoms with Gasteiger partial charge in [-0.15, -0.1) is 0 Å². The molecule has 1 heterocycles. The van der Waals surface area contributed by atoms with Crippen LogP contribution in [-0.2, 0) is 6.42 Å². The third-order valence-electron chi connectivity index (χ3n) is 3.01. The number of hydrogen-bond donors (Lipinski definition) is 1. The molecule has 0 amide bonds. The van der Waals surface area contributed by atoms with Gasteiger partial charge in [-0.05, 0) is 36.6 Å². The Balaban J connectivity index is 2.22. The van der Waals surface area contributed by atoms with Crippen LogP contribution in [0, 0.1) is 6.92 Å². The Morgan fingerprint density at radius 3 is 2.60 bits per heavy atom. The van der Waals surface area contributed by atoms with Crippen LogP contribution in [0.3, 0.4) is 0 Å². The van der Waals surface area contributed by atoms with Gasteiger partial charge in [0.25, 0.3) is 0 Å². The van der Waals surface area contributed by atoms with Crippen LogP contribution in [0.1, 0.15) is 18.1 Å². The molecule has 2 heteroatoms. The van der Waals surface area contributed by atoms with Gasteiger partial charge in [-0.3, -0.25) is 0 Å². The summed E-state index contributed by atoms with van der Waals surface area (Å²) < 4.78 is 0. The van der Waals surface area contributed by atoms with Crippen LogP contribution < -0.4 is 10.2 Å². The molecule has 15 heavy (non-hydrogen) atoms. The lowest BCUT2D eigenvalue weighted by atomic mass is 10.1. The zero-order chi connectivity index (χ0) is 10.7. The van der Waals surface area contributed by atoms with Crippen molar-refractivity contribution in [3.8, 4) is 0 Å². The maximum absolute atomic E-state index is 3.39. The maximum atomic E-state index is 3.39. The van der Waals surface area contributed by atoms with E-state index < -0.39 is 0 Å². The molecule has 0 aromatic heterocycles. The minimum Gasteiger partial charge on any atom is -0.369 e. The van der Waals surface area contributed by atoms with Gasteiger partial charge in [-0.1, -0.05) is 13.0 Å². The molecule has 0 saturated carbocycles. The van der Waals surface area contributed by atoms with Gasteiger partial charge < -0.3 is 10.2 Å². The van der Waals surface area contributed by atoms with E-state index in [0.29, 0.717) is 0 Å². The first-order valence-electron chi connectivity index (χ1n) is 5.86. The molecule has 1 saturated heterocycles. The van der Waals surface area contributed by atoms with E-state index in [9.17, 15) is 0 Å². The molecule has 2 rings (SSSR count). The molecule has 1 fully saturated rings. The van der Waals surface area contributed by atoms with Crippen LogP contribution in [0.4, 0.5) is 5.69 Å². The van der Waals surface area contributed by atoms with Gasteiger partial charge in [-0.2, -0.15) is 0 Å². The number of aryl methyl sites for hydroxylation is 2. The van der Waals surface area contributed by atoms with Gasteiger partial charge in [0, 0.05) is 31.9 Å². The lowest BCUT2D eigenvalue weighted by Gasteiger charge is -2.30. The summed E-state index contributed by atoms with van der Waals surface area (Å²) in [5.74, 6) is 0. The second-order valence-corrected chi connectivity index (χ2v) is 4.27. The third kappa shape index (κ3) is 2.51. The molecule has 82 valence electrons. The third-order valence-corrected chi connectivity index (χ3v) is 3.01. The van der Waals surface area contributed by atoms with Gasteiger partial charge in [0.1, 0.15) is 0 Å². The average Bonchev–Trinajstić information content (AvgIpc) is 2.29. The second kappa shape index (κ2) is 4.67. The smallest absolute Gasteiger partial charge is 0.0372 e. The number of nitrogens with zero attached hydrogens (tertiary/aromatic N) is 1. The topological polar surface area (TPSA) is 15.3 Å². The van der Waals surface area contributed by atoms with E-state index in [4.69, 9.17) is 0 Å². The average molecular weight is 204 g/mol. The van der Waals surface area contributed by atoms with E-state index in [-0.39, 0.29) is 0 Å². The largest absolute Gasteiger partial charge is 0.369 e. The van der Waals surface area contributed by atoms with Crippen LogP contribution in [0.5, 0.6) is 0 Å². The molecular formula is C13H20N2. The van der Waals surface area contributed by atoms with Crippen molar-refractivity contribution in [2.24, 2.45) is 0 Å². The van der Waals surface area contributed by atoms with Crippen molar-refractivity contribution in [2.45, 2.75) is 20.3 Å². The lowest BCUT2D eigenvalue weighted by molar-refractivity contribution is 0.589. The van der Waals surface area contributed by atoms with Crippen LogP contribution in [0.15, 0.2) is 18.2 Å². The molecular weight excluding hydrogens is 184 g/mol. The highest BCUT2D eigenvalue weighted by molar-refractivity contribution is 5.51. The van der Waals surface area contributed by atoms with E-state index in [1.54, 1.807) is 0 Å². The Morgan fingerprint density at radius 1 is 1.20 bits per heavy atom. The SMILES string of the molecule is CCc1cc(C)cc(N2CCNCC2)c1. The molecule has 2 nitrogen and oxygen atoms in total. The number of benzene rings is 1. The molecule has 0 bridgehead atoms. The van der Waals surface area contributed by atoms with Crippen LogP contribution >= 0.6 is 0 Å². The van der Waals surface area contributed by atoms with E-state index in [1.807, 2.05) is 0 Å². The summed E-state index contributed by atoms with van der Waals surface area (Å²) in [6.07, 6.45) is 1.13. The highest BCUT2D eigenvalue weighted by Crippen LogP contribution is 2.19. The van der Waals surface area contributed by atoms with Crippen LogP contribution in [-0.4, -0.2) is 26.2 Å². The summed E-state index contributed by atoms with van der Waals surface area (Å²) in [7, 11) is 0. The summed E-state index contributed by atoms with van der Waals surface area (Å²) in [6.45, 7) is 8.88. The van der Waals surface area contributed by atoms with E-state index in [2.05, 4.69) is 42.3 Å². The molecule has 0 unspecified atom stereocenters. The molecule has 1 aromatic carbocycles. The van der Waals surface area contributed by atoms with Crippen molar-refractivity contribution in [3.63, 3.8) is 0 Å². The number of piperazine rings is 1. The molecule has 0 spiro atoms. The van der Waals surface area contributed by atoms with Crippen molar-refractivity contribution < 1.29 is 0 Å². The predicted octanol–water partition coefficient (Wildman–Crippen LogP) is 1.97. The number of hydrogen-bond acceptors (Lipinski definition) is 2. The fraction of sp³-hybridized carbons (Fsp3) is 0.538. The van der Waals surface area contributed by atoms with Crippen molar-refractivity contribution in [1.29, 1.82) is 0 Å². The molecule has 1 aromatic rings. The van der Waals surface area contributed by atoms with Crippen molar-refractivity contribution >= 4 is 5.69 Å². The maximum Gasteiger partial charge on any atom is 0.0372 e. The quantitative estimate of drug-likeness (QED) is 0.792. The number of nitrogens with one attached hydrogen (secondary N) is 1. The lowest BCUT2D eigenvalue weighted by Crippen LogP contribution is -2.43. The zero-order valence-electron chi connectivity index (χ0n) is 9.71. The highest BCUT2D eigenvalue weighted by Gasteiger charge is 2.10.